The number of nitrogens with zero attached hydrogens (tertiary/aromatic N) is 6. The molecule has 0 N–H and O–H groups in total. The van der Waals surface area contributed by atoms with Gasteiger partial charge in [0.15, 0.2) is 0 Å². The summed E-state index contributed by atoms with van der Waals surface area (Å²) in [5.74, 6) is -0.0533. The Hall–Kier alpha value is -4.10. The lowest BCUT2D eigenvalue weighted by Crippen LogP contribution is -2.34. The first-order chi connectivity index (χ1) is 20.3. The van der Waals surface area contributed by atoms with Gasteiger partial charge in [0, 0.05) is 62.5 Å². The predicted octanol–water partition coefficient (Wildman–Crippen LogP) is 4.72. The maximum Gasteiger partial charge on any atom is 0.270 e. The number of nitro groups is 1. The lowest BCUT2D eigenvalue weighted by Gasteiger charge is -2.22. The van der Waals surface area contributed by atoms with Crippen molar-refractivity contribution in [3.8, 4) is 28.3 Å². The fourth-order valence-corrected chi connectivity index (χ4v) is 5.90. The molecule has 0 bridgehead atoms. The second-order valence-electron chi connectivity index (χ2n) is 11.4. The molecular weight excluding hydrogens is 528 g/mol. The summed E-state index contributed by atoms with van der Waals surface area (Å²) in [6, 6.07) is 20.4. The Labute approximate surface area is 247 Å². The molecule has 0 saturated carbocycles. The number of nitro benzene ring substituents is 1. The normalized spacial score (nSPS) is 17.3. The van der Waals surface area contributed by atoms with Crippen LogP contribution >= 0.6 is 0 Å². The van der Waals surface area contributed by atoms with E-state index >= 15 is 0 Å². The van der Waals surface area contributed by atoms with Crippen molar-refractivity contribution in [2.75, 3.05) is 66.5 Å². The van der Waals surface area contributed by atoms with Gasteiger partial charge in [-0.1, -0.05) is 30.3 Å². The van der Waals surface area contributed by atoms with Crippen molar-refractivity contribution >= 4 is 11.6 Å². The van der Waals surface area contributed by atoms with Crippen LogP contribution in [0, 0.1) is 21.4 Å². The number of non-ortho nitro benzene ring substituents is 1. The Balaban J connectivity index is 1.53. The highest BCUT2D eigenvalue weighted by molar-refractivity contribution is 5.98. The van der Waals surface area contributed by atoms with Gasteiger partial charge in [-0.2, -0.15) is 5.26 Å². The van der Waals surface area contributed by atoms with Gasteiger partial charge in [0.1, 0.15) is 0 Å². The first kappa shape index (κ1) is 29.4. The number of rotatable bonds is 6. The Morgan fingerprint density at radius 3 is 2.33 bits per heavy atom. The number of carbonyl (C=O) groups excluding carboxylic acids is 1. The summed E-state index contributed by atoms with van der Waals surface area (Å²) in [7, 11) is 4.21. The number of hydrogen-bond donors (Lipinski definition) is 0. The molecule has 0 aliphatic carbocycles. The fourth-order valence-electron chi connectivity index (χ4n) is 5.90. The lowest BCUT2D eigenvalue weighted by atomic mass is 9.89. The molecule has 0 aromatic heterocycles. The number of nitriles is 1. The number of benzene rings is 3. The molecule has 218 valence electrons. The van der Waals surface area contributed by atoms with E-state index in [0.29, 0.717) is 35.3 Å². The summed E-state index contributed by atoms with van der Waals surface area (Å²) < 4.78 is 0. The van der Waals surface area contributed by atoms with Gasteiger partial charge < -0.3 is 14.7 Å². The molecule has 2 aliphatic heterocycles. The topological polar surface area (TPSA) is 97.0 Å². The highest BCUT2D eigenvalue weighted by Crippen LogP contribution is 2.37. The predicted molar refractivity (Wildman–Crippen MR) is 164 cm³/mol. The zero-order valence-corrected chi connectivity index (χ0v) is 24.5. The van der Waals surface area contributed by atoms with E-state index in [1.807, 2.05) is 41.3 Å². The van der Waals surface area contributed by atoms with Gasteiger partial charge in [0.25, 0.3) is 11.6 Å². The third-order valence-electron chi connectivity index (χ3n) is 8.35. The van der Waals surface area contributed by atoms with Crippen LogP contribution in [0.4, 0.5) is 5.69 Å². The van der Waals surface area contributed by atoms with Crippen molar-refractivity contribution in [3.05, 3.63) is 87.5 Å². The van der Waals surface area contributed by atoms with E-state index in [1.54, 1.807) is 6.07 Å². The van der Waals surface area contributed by atoms with E-state index in [4.69, 9.17) is 0 Å². The van der Waals surface area contributed by atoms with Crippen LogP contribution < -0.4 is 0 Å². The first-order valence-corrected chi connectivity index (χ1v) is 14.6. The Bertz CT molecular complexity index is 1500. The van der Waals surface area contributed by atoms with Crippen LogP contribution in [0.1, 0.15) is 34.3 Å². The second kappa shape index (κ2) is 13.3. The summed E-state index contributed by atoms with van der Waals surface area (Å²) in [5, 5.41) is 21.8. The summed E-state index contributed by atoms with van der Waals surface area (Å²) in [6.07, 6.45) is 2.02. The van der Waals surface area contributed by atoms with Gasteiger partial charge in [0.05, 0.1) is 16.6 Å². The minimum absolute atomic E-state index is 0.0234. The van der Waals surface area contributed by atoms with Crippen LogP contribution in [-0.2, 0) is 6.54 Å². The zero-order chi connectivity index (χ0) is 29.6. The molecule has 9 nitrogen and oxygen atoms in total. The largest absolute Gasteiger partial charge is 0.337 e. The fraction of sp³-hybridized carbons (Fsp3) is 0.394. The summed E-state index contributed by atoms with van der Waals surface area (Å²) in [5.41, 5.74) is 4.96. The highest BCUT2D eigenvalue weighted by atomic mass is 16.6. The van der Waals surface area contributed by atoms with Gasteiger partial charge in [-0.25, -0.2) is 0 Å². The minimum Gasteiger partial charge on any atom is -0.337 e. The molecule has 2 fully saturated rings. The van der Waals surface area contributed by atoms with Crippen molar-refractivity contribution in [1.29, 1.82) is 5.26 Å². The van der Waals surface area contributed by atoms with E-state index in [-0.39, 0.29) is 11.6 Å². The van der Waals surface area contributed by atoms with Gasteiger partial charge in [-0.05, 0) is 87.0 Å². The Kier molecular flexibility index (Phi) is 9.28. The number of hydrogen-bond acceptors (Lipinski definition) is 7. The molecule has 42 heavy (non-hydrogen) atoms. The standard InChI is InChI=1S/C33H38N6O3/c1-35-12-4-14-37(18-16-35)24-25-8-10-30(28(20-25)23-34)31-11-9-27(33(40)38-15-5-13-36(2)17-19-38)22-32(31)26-6-3-7-29(21-26)39(41)42/h3,6-11,20-22H,4-5,12-19,24H2,1-2H3. The summed E-state index contributed by atoms with van der Waals surface area (Å²) in [6.45, 7) is 7.99. The summed E-state index contributed by atoms with van der Waals surface area (Å²) >= 11 is 0. The third-order valence-corrected chi connectivity index (χ3v) is 8.35. The van der Waals surface area contributed by atoms with Crippen LogP contribution in [0.2, 0.25) is 0 Å². The van der Waals surface area contributed by atoms with Gasteiger partial charge in [0.2, 0.25) is 0 Å². The van der Waals surface area contributed by atoms with Gasteiger partial charge in [-0.3, -0.25) is 19.8 Å². The number of amides is 1. The molecule has 0 radical (unpaired) electrons. The molecule has 3 aromatic rings. The average Bonchev–Trinajstić information content (AvgIpc) is 3.35. The first-order valence-electron chi connectivity index (χ1n) is 14.6. The van der Waals surface area contributed by atoms with Crippen LogP contribution in [0.5, 0.6) is 0 Å². The average molecular weight is 567 g/mol. The lowest BCUT2D eigenvalue weighted by molar-refractivity contribution is -0.384. The van der Waals surface area contributed by atoms with Crippen molar-refractivity contribution < 1.29 is 9.72 Å². The molecule has 9 heteroatoms. The van der Waals surface area contributed by atoms with Crippen LogP contribution in [0.15, 0.2) is 60.7 Å². The monoisotopic (exact) mass is 566 g/mol. The smallest absolute Gasteiger partial charge is 0.270 e. The van der Waals surface area contributed by atoms with Crippen LogP contribution in [0.25, 0.3) is 22.3 Å². The van der Waals surface area contributed by atoms with E-state index in [1.165, 1.54) is 12.1 Å². The SMILES string of the molecule is CN1CCCN(Cc2ccc(-c3ccc(C(=O)N4CCCN(C)CC4)cc3-c3cccc([N+](=O)[O-])c3)c(C#N)c2)CC1. The maximum absolute atomic E-state index is 13.6. The van der Waals surface area contributed by atoms with E-state index in [2.05, 4.69) is 40.9 Å². The van der Waals surface area contributed by atoms with Crippen molar-refractivity contribution in [2.45, 2.75) is 19.4 Å². The molecule has 0 atom stereocenters. The van der Waals surface area contributed by atoms with Crippen LogP contribution in [-0.4, -0.2) is 96.9 Å². The van der Waals surface area contributed by atoms with Gasteiger partial charge >= 0.3 is 0 Å². The highest BCUT2D eigenvalue weighted by Gasteiger charge is 2.22. The van der Waals surface area contributed by atoms with E-state index < -0.39 is 4.92 Å². The Morgan fingerprint density at radius 2 is 1.57 bits per heavy atom. The summed E-state index contributed by atoms with van der Waals surface area (Å²) in [4.78, 5) is 33.7. The molecule has 3 aromatic carbocycles. The number of carbonyl (C=O) groups is 1. The van der Waals surface area contributed by atoms with Crippen molar-refractivity contribution in [3.63, 3.8) is 0 Å². The molecule has 0 unspecified atom stereocenters. The molecule has 2 aliphatic rings. The van der Waals surface area contributed by atoms with Crippen molar-refractivity contribution in [2.24, 2.45) is 0 Å². The zero-order valence-electron chi connectivity index (χ0n) is 24.5. The molecular formula is C33H38N6O3. The minimum atomic E-state index is -0.415. The van der Waals surface area contributed by atoms with Gasteiger partial charge in [-0.15, -0.1) is 0 Å². The maximum atomic E-state index is 13.6. The molecule has 2 saturated heterocycles. The molecule has 0 spiro atoms. The quantitative estimate of drug-likeness (QED) is 0.315. The molecule has 2 heterocycles. The number of likely N-dealkylation sites (N-methyl/N-ethyl adjacent to an activating group) is 2. The Morgan fingerprint density at radius 1 is 0.833 bits per heavy atom. The van der Waals surface area contributed by atoms with Crippen LogP contribution in [0.3, 0.4) is 0 Å². The van der Waals surface area contributed by atoms with Crippen molar-refractivity contribution in [1.82, 2.24) is 19.6 Å². The third kappa shape index (κ3) is 6.85. The second-order valence-corrected chi connectivity index (χ2v) is 11.4. The molecule has 1 amide bonds. The van der Waals surface area contributed by atoms with E-state index in [0.717, 1.165) is 75.3 Å². The van der Waals surface area contributed by atoms with E-state index in [9.17, 15) is 20.2 Å². The molecule has 5 rings (SSSR count).